The Balaban J connectivity index is 2.18. The van der Waals surface area contributed by atoms with Crippen LogP contribution >= 0.6 is 0 Å². The number of rotatable bonds is 4. The van der Waals surface area contributed by atoms with Crippen LogP contribution in [0.4, 0.5) is 18.9 Å². The van der Waals surface area contributed by atoms with Crippen LogP contribution in [0.25, 0.3) is 0 Å². The Labute approximate surface area is 131 Å². The number of carbonyl (C=O) groups is 2. The maximum Gasteiger partial charge on any atom is 0.391 e. The van der Waals surface area contributed by atoms with Gasteiger partial charge in [-0.05, 0) is 31.4 Å². The molecule has 1 N–H and O–H groups in total. The number of nitrogens with zero attached hydrogens (tertiary/aromatic N) is 1. The van der Waals surface area contributed by atoms with E-state index in [1.165, 1.54) is 0 Å². The van der Waals surface area contributed by atoms with E-state index >= 15 is 0 Å². The first-order chi connectivity index (χ1) is 10.8. The van der Waals surface area contributed by atoms with Crippen LogP contribution in [0.5, 0.6) is 0 Å². The Morgan fingerprint density at radius 3 is 2.39 bits per heavy atom. The summed E-state index contributed by atoms with van der Waals surface area (Å²) < 4.78 is 38.7. The van der Waals surface area contributed by atoms with Crippen molar-refractivity contribution in [3.8, 4) is 0 Å². The van der Waals surface area contributed by atoms with Crippen molar-refractivity contribution in [3.05, 3.63) is 30.3 Å². The first kappa shape index (κ1) is 17.3. The van der Waals surface area contributed by atoms with Crippen molar-refractivity contribution >= 4 is 17.6 Å². The zero-order chi connectivity index (χ0) is 17.0. The average Bonchev–Trinajstić information content (AvgIpc) is 2.52. The van der Waals surface area contributed by atoms with Gasteiger partial charge in [0.2, 0.25) is 5.91 Å². The standard InChI is InChI=1S/C16H18F3NO3/c17-16(18,19)12-6-4-5-11(9-12)15(23)20(10-14(21)22)13-7-2-1-3-8-13/h1-3,7-8,11-12H,4-6,9-10H2,(H,21,22). The van der Waals surface area contributed by atoms with Gasteiger partial charge in [-0.1, -0.05) is 24.6 Å². The number of carbonyl (C=O) groups excluding carboxylic acids is 1. The highest BCUT2D eigenvalue weighted by Crippen LogP contribution is 2.40. The van der Waals surface area contributed by atoms with E-state index in [-0.39, 0.29) is 12.8 Å². The summed E-state index contributed by atoms with van der Waals surface area (Å²) >= 11 is 0. The number of benzene rings is 1. The highest BCUT2D eigenvalue weighted by atomic mass is 19.4. The van der Waals surface area contributed by atoms with Crippen LogP contribution in [-0.4, -0.2) is 29.7 Å². The van der Waals surface area contributed by atoms with Gasteiger partial charge in [-0.25, -0.2) is 0 Å². The Hall–Kier alpha value is -2.05. The lowest BCUT2D eigenvalue weighted by molar-refractivity contribution is -0.186. The molecule has 0 aliphatic heterocycles. The number of aliphatic carboxylic acids is 1. The Morgan fingerprint density at radius 1 is 1.17 bits per heavy atom. The van der Waals surface area contributed by atoms with Crippen molar-refractivity contribution in [2.45, 2.75) is 31.9 Å². The van der Waals surface area contributed by atoms with Gasteiger partial charge in [-0.15, -0.1) is 0 Å². The minimum absolute atomic E-state index is 0.0253. The largest absolute Gasteiger partial charge is 0.480 e. The predicted molar refractivity (Wildman–Crippen MR) is 77.9 cm³/mol. The minimum atomic E-state index is -4.32. The molecule has 2 unspecified atom stereocenters. The van der Waals surface area contributed by atoms with E-state index < -0.39 is 36.4 Å². The van der Waals surface area contributed by atoms with Gasteiger partial charge < -0.3 is 10.0 Å². The Morgan fingerprint density at radius 2 is 1.83 bits per heavy atom. The molecule has 1 aromatic rings. The number of para-hydroxylation sites is 1. The van der Waals surface area contributed by atoms with Crippen molar-refractivity contribution < 1.29 is 27.9 Å². The van der Waals surface area contributed by atoms with Crippen molar-refractivity contribution in [2.75, 3.05) is 11.4 Å². The van der Waals surface area contributed by atoms with Gasteiger partial charge >= 0.3 is 12.1 Å². The second-order valence-corrected chi connectivity index (χ2v) is 5.76. The van der Waals surface area contributed by atoms with Crippen LogP contribution in [0.3, 0.4) is 0 Å². The van der Waals surface area contributed by atoms with E-state index in [1.807, 2.05) is 0 Å². The molecular weight excluding hydrogens is 311 g/mol. The van der Waals surface area contributed by atoms with Crippen LogP contribution in [0.1, 0.15) is 25.7 Å². The zero-order valence-corrected chi connectivity index (χ0v) is 12.4. The van der Waals surface area contributed by atoms with E-state index in [0.29, 0.717) is 18.5 Å². The van der Waals surface area contributed by atoms with Gasteiger partial charge in [-0.3, -0.25) is 9.59 Å². The van der Waals surface area contributed by atoms with Crippen LogP contribution in [-0.2, 0) is 9.59 Å². The monoisotopic (exact) mass is 329 g/mol. The molecule has 0 bridgehead atoms. The second-order valence-electron chi connectivity index (χ2n) is 5.76. The van der Waals surface area contributed by atoms with Gasteiger partial charge in [-0.2, -0.15) is 13.2 Å². The summed E-state index contributed by atoms with van der Waals surface area (Å²) in [5.74, 6) is -4.04. The number of hydrogen-bond acceptors (Lipinski definition) is 2. The summed E-state index contributed by atoms with van der Waals surface area (Å²) in [5, 5.41) is 9.00. The molecule has 0 aromatic heterocycles. The van der Waals surface area contributed by atoms with Gasteiger partial charge in [0.1, 0.15) is 6.54 Å². The molecule has 1 aromatic carbocycles. The minimum Gasteiger partial charge on any atom is -0.480 e. The third-order valence-corrected chi connectivity index (χ3v) is 4.11. The Kier molecular flexibility index (Phi) is 5.28. The predicted octanol–water partition coefficient (Wildman–Crippen LogP) is 3.47. The maximum atomic E-state index is 12.9. The number of anilines is 1. The number of alkyl halides is 3. The fourth-order valence-electron chi connectivity index (χ4n) is 2.97. The SMILES string of the molecule is O=C(O)CN(C(=O)C1CCCC(C(F)(F)F)C1)c1ccccc1. The lowest BCUT2D eigenvalue weighted by Gasteiger charge is -2.33. The van der Waals surface area contributed by atoms with Crippen molar-refractivity contribution in [1.82, 2.24) is 0 Å². The van der Waals surface area contributed by atoms with E-state index in [0.717, 1.165) is 4.90 Å². The number of halogens is 3. The zero-order valence-electron chi connectivity index (χ0n) is 12.4. The van der Waals surface area contributed by atoms with Crippen molar-refractivity contribution in [2.24, 2.45) is 11.8 Å². The van der Waals surface area contributed by atoms with Gasteiger partial charge in [0, 0.05) is 11.6 Å². The van der Waals surface area contributed by atoms with E-state index in [1.54, 1.807) is 30.3 Å². The van der Waals surface area contributed by atoms with Crippen molar-refractivity contribution in [3.63, 3.8) is 0 Å². The summed E-state index contributed by atoms with van der Waals surface area (Å²) in [4.78, 5) is 24.7. The third kappa shape index (κ3) is 4.46. The lowest BCUT2D eigenvalue weighted by Crippen LogP contribution is -2.42. The number of carboxylic acids is 1. The molecule has 7 heteroatoms. The molecular formula is C16H18F3NO3. The summed E-state index contributed by atoms with van der Waals surface area (Å²) in [7, 11) is 0. The molecule has 1 saturated carbocycles. The molecule has 126 valence electrons. The normalized spacial score (nSPS) is 21.7. The highest BCUT2D eigenvalue weighted by molar-refractivity contribution is 5.98. The van der Waals surface area contributed by atoms with E-state index in [4.69, 9.17) is 5.11 Å². The van der Waals surface area contributed by atoms with Crippen LogP contribution in [0, 0.1) is 11.8 Å². The second kappa shape index (κ2) is 7.02. The summed E-state index contributed by atoms with van der Waals surface area (Å²) in [5.41, 5.74) is 0.383. The molecule has 1 aliphatic rings. The summed E-state index contributed by atoms with van der Waals surface area (Å²) in [6.07, 6.45) is -3.89. The third-order valence-electron chi connectivity index (χ3n) is 4.11. The molecule has 0 spiro atoms. The molecule has 1 amide bonds. The number of amides is 1. The van der Waals surface area contributed by atoms with Crippen LogP contribution in [0.15, 0.2) is 30.3 Å². The lowest BCUT2D eigenvalue weighted by atomic mass is 9.80. The van der Waals surface area contributed by atoms with Crippen LogP contribution in [0.2, 0.25) is 0 Å². The quantitative estimate of drug-likeness (QED) is 0.920. The smallest absolute Gasteiger partial charge is 0.391 e. The molecule has 4 nitrogen and oxygen atoms in total. The molecule has 0 saturated heterocycles. The molecule has 0 radical (unpaired) electrons. The molecule has 0 heterocycles. The summed E-state index contributed by atoms with van der Waals surface area (Å²) in [6, 6.07) is 8.16. The fourth-order valence-corrected chi connectivity index (χ4v) is 2.97. The van der Waals surface area contributed by atoms with E-state index in [9.17, 15) is 22.8 Å². The Bertz CT molecular complexity index is 559. The highest BCUT2D eigenvalue weighted by Gasteiger charge is 2.44. The van der Waals surface area contributed by atoms with Gasteiger partial charge in [0.05, 0.1) is 5.92 Å². The number of hydrogen-bond donors (Lipinski definition) is 1. The molecule has 2 atom stereocenters. The summed E-state index contributed by atoms with van der Waals surface area (Å²) in [6.45, 7) is -0.559. The van der Waals surface area contributed by atoms with Gasteiger partial charge in [0.15, 0.2) is 0 Å². The van der Waals surface area contributed by atoms with E-state index in [2.05, 4.69) is 0 Å². The first-order valence-electron chi connectivity index (χ1n) is 7.44. The topological polar surface area (TPSA) is 57.6 Å². The molecule has 23 heavy (non-hydrogen) atoms. The van der Waals surface area contributed by atoms with Crippen molar-refractivity contribution in [1.29, 1.82) is 0 Å². The maximum absolute atomic E-state index is 12.9. The molecule has 1 fully saturated rings. The van der Waals surface area contributed by atoms with Gasteiger partial charge in [0.25, 0.3) is 0 Å². The molecule has 1 aliphatic carbocycles. The molecule has 2 rings (SSSR count). The fraction of sp³-hybridized carbons (Fsp3) is 0.500. The first-order valence-corrected chi connectivity index (χ1v) is 7.44. The average molecular weight is 329 g/mol. The number of carboxylic acid groups (broad SMARTS) is 1. The van der Waals surface area contributed by atoms with Crippen LogP contribution < -0.4 is 4.90 Å².